The first-order valence-corrected chi connectivity index (χ1v) is 21.1. The number of rotatable bonds is 21. The molecular formula is C44H62N8O10. The van der Waals surface area contributed by atoms with Crippen LogP contribution in [0.3, 0.4) is 0 Å². The number of benzene rings is 2. The largest absolute Gasteiger partial charge is 0.508 e. The zero-order valence-electron chi connectivity index (χ0n) is 36.1. The molecule has 0 radical (unpaired) electrons. The predicted molar refractivity (Wildman–Crippen MR) is 230 cm³/mol. The standard InChI is InChI=1S/C44H62N8O10/c1-7-25(6)37(43(60)52-18-10-13-34(52)41(58)49-35(23(2)3)42(59)50-36(24(4)5)44(61)62)51-39(56)32(19-26-14-16-28(54)17-15-26)47-40(57)33(22-53)48-38(55)30(45)20-27-21-46-31-12-9-8-11-29(27)31/h8-9,11-12,14-17,21,23-25,30,32-37,46,53-54H,7,10,13,18-20,22,45H2,1-6H3,(H,47,57)(H,48,55)(H,49,58)(H,50,59)(H,51,56)(H,61,62)/t25-,30-,32-,33-,34-,35-,36-,37-/m0/s1. The molecule has 1 aliphatic rings. The summed E-state index contributed by atoms with van der Waals surface area (Å²) in [7, 11) is 0. The van der Waals surface area contributed by atoms with Gasteiger partial charge in [0.05, 0.1) is 12.6 Å². The number of H-pyrrole nitrogens is 1. The van der Waals surface area contributed by atoms with Gasteiger partial charge in [0.25, 0.3) is 0 Å². The fraction of sp³-hybridized carbons (Fsp3) is 0.523. The topological polar surface area (TPSA) is 285 Å². The number of aromatic amines is 1. The highest BCUT2D eigenvalue weighted by molar-refractivity contribution is 5.97. The minimum atomic E-state index is -1.50. The van der Waals surface area contributed by atoms with Crippen LogP contribution >= 0.6 is 0 Å². The second-order valence-corrected chi connectivity index (χ2v) is 16.7. The van der Waals surface area contributed by atoms with Gasteiger partial charge >= 0.3 is 5.97 Å². The first-order chi connectivity index (χ1) is 29.4. The summed E-state index contributed by atoms with van der Waals surface area (Å²) < 4.78 is 0. The van der Waals surface area contributed by atoms with Crippen molar-refractivity contribution in [2.75, 3.05) is 13.2 Å². The first-order valence-electron chi connectivity index (χ1n) is 21.1. The van der Waals surface area contributed by atoms with Crippen molar-refractivity contribution in [3.63, 3.8) is 0 Å². The maximum atomic E-state index is 14.4. The summed E-state index contributed by atoms with van der Waals surface area (Å²) in [6, 6.07) is 5.03. The Morgan fingerprint density at radius 3 is 2.00 bits per heavy atom. The highest BCUT2D eigenvalue weighted by Crippen LogP contribution is 2.23. The lowest BCUT2D eigenvalue weighted by Gasteiger charge is -2.33. The quantitative estimate of drug-likeness (QED) is 0.0716. The van der Waals surface area contributed by atoms with Crippen LogP contribution in [0.2, 0.25) is 0 Å². The maximum Gasteiger partial charge on any atom is 0.326 e. The molecule has 0 unspecified atom stereocenters. The average Bonchev–Trinajstić information content (AvgIpc) is 3.90. The molecule has 18 nitrogen and oxygen atoms in total. The van der Waals surface area contributed by atoms with Gasteiger partial charge in [0.15, 0.2) is 0 Å². The minimum Gasteiger partial charge on any atom is -0.508 e. The van der Waals surface area contributed by atoms with E-state index in [0.29, 0.717) is 18.4 Å². The van der Waals surface area contributed by atoms with E-state index in [1.165, 1.54) is 17.0 Å². The van der Waals surface area contributed by atoms with E-state index in [1.54, 1.807) is 52.9 Å². The summed E-state index contributed by atoms with van der Waals surface area (Å²) in [4.78, 5) is 98.9. The number of para-hydroxylation sites is 1. The molecule has 2 aromatic carbocycles. The Morgan fingerprint density at radius 1 is 0.774 bits per heavy atom. The van der Waals surface area contributed by atoms with E-state index in [-0.39, 0.29) is 31.6 Å². The monoisotopic (exact) mass is 862 g/mol. The van der Waals surface area contributed by atoms with Gasteiger partial charge < -0.3 is 57.5 Å². The molecule has 0 saturated carbocycles. The number of hydrogen-bond acceptors (Lipinski definition) is 10. The van der Waals surface area contributed by atoms with Crippen molar-refractivity contribution in [1.82, 2.24) is 36.5 Å². The number of likely N-dealkylation sites (tertiary alicyclic amines) is 1. The number of aliphatic carboxylic acids is 1. The molecule has 62 heavy (non-hydrogen) atoms. The van der Waals surface area contributed by atoms with Gasteiger partial charge in [0, 0.05) is 30.1 Å². The van der Waals surface area contributed by atoms with E-state index in [1.807, 2.05) is 31.2 Å². The minimum absolute atomic E-state index is 0.0298. The normalized spacial score (nSPS) is 17.3. The van der Waals surface area contributed by atoms with Crippen LogP contribution in [0.4, 0.5) is 0 Å². The summed E-state index contributed by atoms with van der Waals surface area (Å²) in [6.07, 6.45) is 2.92. The van der Waals surface area contributed by atoms with Crippen LogP contribution in [0.1, 0.15) is 71.9 Å². The van der Waals surface area contributed by atoms with Crippen molar-refractivity contribution in [2.24, 2.45) is 23.5 Å². The van der Waals surface area contributed by atoms with Gasteiger partial charge in [-0.1, -0.05) is 78.3 Å². The molecule has 338 valence electrons. The molecule has 1 aromatic heterocycles. The van der Waals surface area contributed by atoms with Gasteiger partial charge in [-0.2, -0.15) is 0 Å². The average molecular weight is 863 g/mol. The number of carbonyl (C=O) groups is 7. The van der Waals surface area contributed by atoms with Gasteiger partial charge in [-0.3, -0.25) is 28.8 Å². The number of carbonyl (C=O) groups excluding carboxylic acids is 6. The number of carboxylic acid groups (broad SMARTS) is 1. The fourth-order valence-corrected chi connectivity index (χ4v) is 7.41. The second-order valence-electron chi connectivity index (χ2n) is 16.7. The third-order valence-electron chi connectivity index (χ3n) is 11.4. The number of fused-ring (bicyclic) bond motifs is 1. The number of nitrogens with zero attached hydrogens (tertiary/aromatic N) is 1. The lowest BCUT2D eigenvalue weighted by Crippen LogP contribution is -2.61. The Kier molecular flexibility index (Phi) is 17.4. The molecule has 2 heterocycles. The van der Waals surface area contributed by atoms with Crippen molar-refractivity contribution < 1.29 is 48.9 Å². The number of aromatic nitrogens is 1. The zero-order valence-corrected chi connectivity index (χ0v) is 36.1. The van der Waals surface area contributed by atoms with E-state index in [2.05, 4.69) is 31.6 Å². The van der Waals surface area contributed by atoms with E-state index < -0.39 is 108 Å². The Bertz CT molecular complexity index is 2050. The molecule has 1 saturated heterocycles. The zero-order chi connectivity index (χ0) is 45.8. The Morgan fingerprint density at radius 2 is 1.39 bits per heavy atom. The van der Waals surface area contributed by atoms with Crippen LogP contribution < -0.4 is 32.3 Å². The Balaban J connectivity index is 1.51. The molecule has 0 spiro atoms. The lowest BCUT2D eigenvalue weighted by atomic mass is 9.96. The number of phenols is 1. The molecule has 6 amide bonds. The number of aliphatic hydroxyl groups is 1. The van der Waals surface area contributed by atoms with E-state index in [4.69, 9.17) is 5.73 Å². The van der Waals surface area contributed by atoms with Gasteiger partial charge in [-0.05, 0) is 66.3 Å². The maximum absolute atomic E-state index is 14.4. The van der Waals surface area contributed by atoms with Gasteiger partial charge in [-0.25, -0.2) is 4.79 Å². The summed E-state index contributed by atoms with van der Waals surface area (Å²) in [5.74, 6) is -6.76. The number of aromatic hydroxyl groups is 1. The van der Waals surface area contributed by atoms with Gasteiger partial charge in [0.2, 0.25) is 35.4 Å². The van der Waals surface area contributed by atoms with E-state index in [9.17, 15) is 48.9 Å². The molecule has 8 atom stereocenters. The Hall–Kier alpha value is -6.01. The third-order valence-corrected chi connectivity index (χ3v) is 11.4. The molecule has 4 rings (SSSR count). The van der Waals surface area contributed by atoms with E-state index in [0.717, 1.165) is 16.5 Å². The van der Waals surface area contributed by atoms with Crippen LogP contribution in [0.25, 0.3) is 10.9 Å². The predicted octanol–water partition coefficient (Wildman–Crippen LogP) is 0.836. The smallest absolute Gasteiger partial charge is 0.326 e. The summed E-state index contributed by atoms with van der Waals surface area (Å²) in [5, 5.41) is 43.7. The number of phenolic OH excluding ortho intramolecular Hbond substituents is 1. The third kappa shape index (κ3) is 12.5. The van der Waals surface area contributed by atoms with Crippen molar-refractivity contribution in [2.45, 2.75) is 116 Å². The van der Waals surface area contributed by atoms with Crippen molar-refractivity contribution in [1.29, 1.82) is 0 Å². The van der Waals surface area contributed by atoms with E-state index >= 15 is 0 Å². The molecule has 11 N–H and O–H groups in total. The second kappa shape index (κ2) is 22.2. The van der Waals surface area contributed by atoms with Crippen molar-refractivity contribution in [3.05, 3.63) is 65.9 Å². The molecule has 18 heteroatoms. The summed E-state index contributed by atoms with van der Waals surface area (Å²) >= 11 is 0. The number of nitrogens with one attached hydrogen (secondary N) is 6. The van der Waals surface area contributed by atoms with Crippen molar-refractivity contribution >= 4 is 52.3 Å². The number of hydrogen-bond donors (Lipinski definition) is 10. The highest BCUT2D eigenvalue weighted by atomic mass is 16.4. The molecule has 0 bridgehead atoms. The Labute approximate surface area is 361 Å². The van der Waals surface area contributed by atoms with Crippen LogP contribution in [0.5, 0.6) is 5.75 Å². The number of amides is 6. The van der Waals surface area contributed by atoms with Crippen LogP contribution in [0.15, 0.2) is 54.7 Å². The van der Waals surface area contributed by atoms with Crippen LogP contribution in [0, 0.1) is 17.8 Å². The molecule has 3 aromatic rings. The first kappa shape index (κ1) is 48.7. The summed E-state index contributed by atoms with van der Waals surface area (Å²) in [6.45, 7) is 9.64. The number of aliphatic hydroxyl groups excluding tert-OH is 1. The van der Waals surface area contributed by atoms with Gasteiger partial charge in [-0.15, -0.1) is 0 Å². The molecule has 1 aliphatic heterocycles. The van der Waals surface area contributed by atoms with Crippen LogP contribution in [-0.4, -0.2) is 122 Å². The van der Waals surface area contributed by atoms with Crippen LogP contribution in [-0.2, 0) is 46.4 Å². The highest BCUT2D eigenvalue weighted by Gasteiger charge is 2.42. The number of nitrogens with two attached hydrogens (primary N) is 1. The van der Waals surface area contributed by atoms with Crippen molar-refractivity contribution in [3.8, 4) is 5.75 Å². The molecular weight excluding hydrogens is 801 g/mol. The lowest BCUT2D eigenvalue weighted by molar-refractivity contribution is -0.145. The molecule has 1 fully saturated rings. The molecule has 0 aliphatic carbocycles. The summed E-state index contributed by atoms with van der Waals surface area (Å²) in [5.41, 5.74) is 8.41. The number of carboxylic acids is 1. The SMILES string of the molecule is CC[C@H](C)[C@H](NC(=O)[C@H](Cc1ccc(O)cc1)NC(=O)[C@H](CO)NC(=O)[C@@H](N)Cc1c[nH]c2ccccc12)C(=O)N1CCC[C@H]1C(=O)N[C@H](C(=O)N[C@H](C(=O)O)C(C)C)C(C)C. The van der Waals surface area contributed by atoms with Gasteiger partial charge in [0.1, 0.15) is 42.0 Å². The fourth-order valence-electron chi connectivity index (χ4n) is 7.41.